The second kappa shape index (κ2) is 4.45. The molecule has 1 N–H and O–H groups in total. The Kier molecular flexibility index (Phi) is 3.21. The molecule has 1 heterocycles. The molecule has 0 saturated heterocycles. The molecule has 5 heteroatoms. The van der Waals surface area contributed by atoms with Gasteiger partial charge in [0.05, 0.1) is 0 Å². The number of fused-ring (bicyclic) bond motifs is 1. The fourth-order valence-electron chi connectivity index (χ4n) is 1.55. The lowest BCUT2D eigenvalue weighted by atomic mass is 10.1. The Morgan fingerprint density at radius 3 is 3.13 bits per heavy atom. The second-order valence-corrected chi connectivity index (χ2v) is 5.25. The van der Waals surface area contributed by atoms with Gasteiger partial charge in [0.1, 0.15) is 6.10 Å². The van der Waals surface area contributed by atoms with Crippen molar-refractivity contribution in [3.05, 3.63) is 28.2 Å². The monoisotopic (exact) mass is 288 g/mol. The largest absolute Gasteiger partial charge is 0.506 e. The highest BCUT2D eigenvalue weighted by molar-refractivity contribution is 9.10. The summed E-state index contributed by atoms with van der Waals surface area (Å²) in [5.41, 5.74) is 1.15. The molecule has 1 aliphatic rings. The van der Waals surface area contributed by atoms with Gasteiger partial charge in [0.15, 0.2) is 0 Å². The number of carbonyl (C=O) groups is 1. The van der Waals surface area contributed by atoms with Crippen LogP contribution in [-0.2, 0) is 11.2 Å². The molecule has 0 radical (unpaired) electrons. The van der Waals surface area contributed by atoms with E-state index in [9.17, 15) is 4.79 Å². The van der Waals surface area contributed by atoms with Crippen molar-refractivity contribution in [1.29, 1.82) is 0 Å². The number of ether oxygens (including phenoxy) is 1. The fraction of sp³-hybridized carbons (Fsp3) is 0.300. The van der Waals surface area contributed by atoms with Crippen LogP contribution in [0.5, 0.6) is 0 Å². The number of halogens is 1. The second-order valence-electron chi connectivity index (χ2n) is 3.27. The Bertz CT molecular complexity index is 394. The van der Waals surface area contributed by atoms with Gasteiger partial charge in [-0.2, -0.15) is 0 Å². The van der Waals surface area contributed by atoms with Gasteiger partial charge >= 0.3 is 6.16 Å². The number of carboxylic acid groups (broad SMARTS) is 1. The molecule has 0 amide bonds. The molecule has 1 unspecified atom stereocenters. The Morgan fingerprint density at radius 2 is 2.40 bits per heavy atom. The number of hydrogen-bond donors (Lipinski definition) is 1. The molecule has 1 aromatic carbocycles. The highest BCUT2D eigenvalue weighted by atomic mass is 79.9. The minimum Gasteiger partial charge on any atom is -0.450 e. The predicted octanol–water partition coefficient (Wildman–Crippen LogP) is 3.16. The third-order valence-electron chi connectivity index (χ3n) is 2.16. The summed E-state index contributed by atoms with van der Waals surface area (Å²) >= 11 is 5.03. The SMILES string of the molecule is O=C(O)OC1CSc2ccc(Br)cc2C1. The molecule has 1 aliphatic heterocycles. The maximum Gasteiger partial charge on any atom is 0.506 e. The van der Waals surface area contributed by atoms with Crippen LogP contribution in [0.25, 0.3) is 0 Å². The molecule has 2 rings (SSSR count). The molecular weight excluding hydrogens is 280 g/mol. The van der Waals surface area contributed by atoms with Gasteiger partial charge in [-0.05, 0) is 23.8 Å². The summed E-state index contributed by atoms with van der Waals surface area (Å²) in [6, 6.07) is 6.05. The van der Waals surface area contributed by atoms with E-state index in [1.807, 2.05) is 18.2 Å². The van der Waals surface area contributed by atoms with E-state index >= 15 is 0 Å². The summed E-state index contributed by atoms with van der Waals surface area (Å²) < 4.78 is 5.78. The van der Waals surface area contributed by atoms with E-state index < -0.39 is 6.16 Å². The van der Waals surface area contributed by atoms with Crippen molar-refractivity contribution in [2.75, 3.05) is 5.75 Å². The van der Waals surface area contributed by atoms with E-state index in [2.05, 4.69) is 15.9 Å². The summed E-state index contributed by atoms with van der Waals surface area (Å²) in [5, 5.41) is 8.53. The maximum atomic E-state index is 10.4. The first-order chi connectivity index (χ1) is 7.15. The van der Waals surface area contributed by atoms with Crippen LogP contribution >= 0.6 is 27.7 Å². The minimum absolute atomic E-state index is 0.228. The number of rotatable bonds is 1. The number of benzene rings is 1. The Labute approximate surface area is 99.9 Å². The lowest BCUT2D eigenvalue weighted by molar-refractivity contribution is 0.0602. The van der Waals surface area contributed by atoms with Crippen molar-refractivity contribution in [2.45, 2.75) is 17.4 Å². The highest BCUT2D eigenvalue weighted by Gasteiger charge is 2.22. The van der Waals surface area contributed by atoms with Crippen LogP contribution in [0.3, 0.4) is 0 Å². The summed E-state index contributed by atoms with van der Waals surface area (Å²) in [5.74, 6) is 0.695. The van der Waals surface area contributed by atoms with Gasteiger partial charge in [0, 0.05) is 21.5 Å². The Hall–Kier alpha value is -0.680. The first-order valence-corrected chi connectivity index (χ1v) is 6.24. The molecule has 0 fully saturated rings. The average molecular weight is 289 g/mol. The Morgan fingerprint density at radius 1 is 1.60 bits per heavy atom. The van der Waals surface area contributed by atoms with E-state index in [0.717, 1.165) is 10.0 Å². The lowest BCUT2D eigenvalue weighted by Gasteiger charge is -2.22. The molecule has 80 valence electrons. The molecule has 3 nitrogen and oxygen atoms in total. The van der Waals surface area contributed by atoms with Crippen molar-refractivity contribution in [1.82, 2.24) is 0 Å². The molecular formula is C10H9BrO3S. The van der Waals surface area contributed by atoms with Crippen LogP contribution in [0.2, 0.25) is 0 Å². The molecule has 0 aliphatic carbocycles. The third-order valence-corrected chi connectivity index (χ3v) is 3.90. The lowest BCUT2D eigenvalue weighted by Crippen LogP contribution is -2.25. The summed E-state index contributed by atoms with van der Waals surface area (Å²) in [6.45, 7) is 0. The Balaban J connectivity index is 2.14. The molecule has 0 spiro atoms. The zero-order chi connectivity index (χ0) is 10.8. The topological polar surface area (TPSA) is 46.5 Å². The van der Waals surface area contributed by atoms with Gasteiger partial charge in [0.25, 0.3) is 0 Å². The van der Waals surface area contributed by atoms with Crippen molar-refractivity contribution in [3.63, 3.8) is 0 Å². The van der Waals surface area contributed by atoms with E-state index in [1.165, 1.54) is 4.90 Å². The van der Waals surface area contributed by atoms with Crippen molar-refractivity contribution >= 4 is 33.8 Å². The number of thioether (sulfide) groups is 1. The van der Waals surface area contributed by atoms with Crippen LogP contribution in [0, 0.1) is 0 Å². The first-order valence-electron chi connectivity index (χ1n) is 4.46. The van der Waals surface area contributed by atoms with E-state index in [0.29, 0.717) is 12.2 Å². The average Bonchev–Trinajstić information content (AvgIpc) is 2.16. The zero-order valence-corrected chi connectivity index (χ0v) is 10.2. The summed E-state index contributed by atoms with van der Waals surface area (Å²) in [6.07, 6.45) is -0.762. The van der Waals surface area contributed by atoms with Crippen molar-refractivity contribution in [3.8, 4) is 0 Å². The van der Waals surface area contributed by atoms with Gasteiger partial charge in [-0.1, -0.05) is 15.9 Å². The molecule has 1 atom stereocenters. The third kappa shape index (κ3) is 2.66. The molecule has 0 bridgehead atoms. The summed E-state index contributed by atoms with van der Waals surface area (Å²) in [7, 11) is 0. The van der Waals surface area contributed by atoms with Gasteiger partial charge in [0.2, 0.25) is 0 Å². The smallest absolute Gasteiger partial charge is 0.450 e. The standard InChI is InChI=1S/C10H9BrO3S/c11-7-1-2-9-6(3-7)4-8(5-15-9)14-10(12)13/h1-3,8H,4-5H2,(H,12,13). The minimum atomic E-state index is -1.20. The fourth-order valence-corrected chi connectivity index (χ4v) is 3.01. The highest BCUT2D eigenvalue weighted by Crippen LogP contribution is 2.32. The molecule has 0 aromatic heterocycles. The van der Waals surface area contributed by atoms with Gasteiger partial charge in [-0.3, -0.25) is 0 Å². The summed E-state index contributed by atoms with van der Waals surface area (Å²) in [4.78, 5) is 11.6. The normalized spacial score (nSPS) is 19.4. The van der Waals surface area contributed by atoms with Gasteiger partial charge < -0.3 is 9.84 Å². The van der Waals surface area contributed by atoms with Crippen LogP contribution in [0.4, 0.5) is 4.79 Å². The molecule has 15 heavy (non-hydrogen) atoms. The zero-order valence-electron chi connectivity index (χ0n) is 7.77. The first kappa shape index (κ1) is 10.8. The van der Waals surface area contributed by atoms with Gasteiger partial charge in [-0.15, -0.1) is 11.8 Å². The van der Waals surface area contributed by atoms with Crippen molar-refractivity contribution < 1.29 is 14.6 Å². The van der Waals surface area contributed by atoms with E-state index in [1.54, 1.807) is 11.8 Å². The quantitative estimate of drug-likeness (QED) is 0.807. The van der Waals surface area contributed by atoms with Gasteiger partial charge in [-0.25, -0.2) is 4.79 Å². The number of hydrogen-bond acceptors (Lipinski definition) is 3. The van der Waals surface area contributed by atoms with Crippen molar-refractivity contribution in [2.24, 2.45) is 0 Å². The van der Waals surface area contributed by atoms with Crippen LogP contribution < -0.4 is 0 Å². The van der Waals surface area contributed by atoms with Crippen LogP contribution in [0.1, 0.15) is 5.56 Å². The van der Waals surface area contributed by atoms with Crippen LogP contribution in [0.15, 0.2) is 27.6 Å². The molecule has 0 saturated carbocycles. The molecule has 1 aromatic rings. The van der Waals surface area contributed by atoms with E-state index in [-0.39, 0.29) is 6.10 Å². The van der Waals surface area contributed by atoms with Crippen LogP contribution in [-0.4, -0.2) is 23.1 Å². The predicted molar refractivity (Wildman–Crippen MR) is 61.5 cm³/mol. The van der Waals surface area contributed by atoms with E-state index in [4.69, 9.17) is 9.84 Å². The maximum absolute atomic E-state index is 10.4.